The first kappa shape index (κ1) is 10.5. The Morgan fingerprint density at radius 3 is 3.20 bits per heavy atom. The number of nitrogens with zero attached hydrogens (tertiary/aromatic N) is 1. The molecule has 0 spiro atoms. The van der Waals surface area contributed by atoms with Gasteiger partial charge < -0.3 is 10.4 Å². The zero-order valence-corrected chi connectivity index (χ0v) is 8.96. The molecule has 0 aromatic carbocycles. The van der Waals surface area contributed by atoms with Crippen LogP contribution < -0.4 is 11.0 Å². The number of aliphatic hydroxyl groups excluding tert-OH is 1. The van der Waals surface area contributed by atoms with Gasteiger partial charge in [-0.3, -0.25) is 4.98 Å². The highest BCUT2D eigenvalue weighted by atomic mass is 32.2. The second kappa shape index (κ2) is 4.67. The molecule has 5 nitrogen and oxygen atoms in total. The molecule has 1 saturated heterocycles. The normalized spacial score (nSPS) is 25.4. The summed E-state index contributed by atoms with van der Waals surface area (Å²) in [5, 5.41) is 12.8. The minimum Gasteiger partial charge on any atom is -0.395 e. The number of hydrogen-bond donors (Lipinski definition) is 3. The van der Waals surface area contributed by atoms with E-state index in [9.17, 15) is 4.79 Å². The van der Waals surface area contributed by atoms with Crippen LogP contribution >= 0.6 is 11.8 Å². The zero-order valence-electron chi connectivity index (χ0n) is 8.14. The van der Waals surface area contributed by atoms with E-state index in [1.54, 1.807) is 17.8 Å². The highest BCUT2D eigenvalue weighted by Gasteiger charge is 2.24. The van der Waals surface area contributed by atoms with Crippen molar-refractivity contribution in [3.05, 3.63) is 22.7 Å². The average Bonchev–Trinajstić information content (AvgIpc) is 2.65. The summed E-state index contributed by atoms with van der Waals surface area (Å²) in [7, 11) is 0. The number of anilines is 1. The fraction of sp³-hybridized carbons (Fsp3) is 0.556. The average molecular weight is 227 g/mol. The number of aliphatic hydroxyl groups is 1. The van der Waals surface area contributed by atoms with Gasteiger partial charge >= 0.3 is 5.69 Å². The van der Waals surface area contributed by atoms with Crippen molar-refractivity contribution in [2.24, 2.45) is 0 Å². The Balaban J connectivity index is 1.95. The molecule has 15 heavy (non-hydrogen) atoms. The topological polar surface area (TPSA) is 78.0 Å². The second-order valence-corrected chi connectivity index (χ2v) is 4.95. The van der Waals surface area contributed by atoms with Gasteiger partial charge in [-0.05, 0) is 18.9 Å². The van der Waals surface area contributed by atoms with Crippen molar-refractivity contribution in [1.29, 1.82) is 0 Å². The van der Waals surface area contributed by atoms with Gasteiger partial charge in [-0.2, -0.15) is 0 Å². The number of aromatic nitrogens is 2. The van der Waals surface area contributed by atoms with Gasteiger partial charge in [-0.25, -0.2) is 9.78 Å². The third-order valence-corrected chi connectivity index (χ3v) is 3.75. The molecule has 0 unspecified atom stereocenters. The summed E-state index contributed by atoms with van der Waals surface area (Å²) in [6.45, 7) is 0.218. The summed E-state index contributed by atoms with van der Waals surface area (Å²) in [6, 6.07) is 1.73. The molecule has 0 bridgehead atoms. The third-order valence-electron chi connectivity index (χ3n) is 2.30. The highest BCUT2D eigenvalue weighted by Crippen LogP contribution is 2.33. The quantitative estimate of drug-likeness (QED) is 0.696. The first-order valence-electron chi connectivity index (χ1n) is 4.86. The van der Waals surface area contributed by atoms with Gasteiger partial charge in [0, 0.05) is 11.4 Å². The molecule has 1 aromatic heterocycles. The van der Waals surface area contributed by atoms with Crippen LogP contribution in [0.3, 0.4) is 0 Å². The van der Waals surface area contributed by atoms with Crippen molar-refractivity contribution in [2.75, 3.05) is 11.9 Å². The van der Waals surface area contributed by atoms with Crippen molar-refractivity contribution >= 4 is 17.6 Å². The summed E-state index contributed by atoms with van der Waals surface area (Å²) in [5.41, 5.74) is -0.346. The maximum absolute atomic E-state index is 10.9. The molecule has 0 radical (unpaired) electrons. The van der Waals surface area contributed by atoms with E-state index in [4.69, 9.17) is 5.11 Å². The van der Waals surface area contributed by atoms with Gasteiger partial charge in [0.05, 0.1) is 12.0 Å². The number of H-pyrrole nitrogens is 1. The number of nitrogens with one attached hydrogen (secondary N) is 2. The predicted molar refractivity (Wildman–Crippen MR) is 60.0 cm³/mol. The molecule has 2 rings (SSSR count). The van der Waals surface area contributed by atoms with Crippen LogP contribution in [0.4, 0.5) is 5.82 Å². The molecule has 2 heterocycles. The largest absolute Gasteiger partial charge is 0.395 e. The first-order valence-corrected chi connectivity index (χ1v) is 5.80. The number of aromatic amines is 1. The molecule has 0 amide bonds. The number of rotatable bonds is 3. The van der Waals surface area contributed by atoms with E-state index in [1.165, 1.54) is 6.20 Å². The van der Waals surface area contributed by atoms with Gasteiger partial charge in [0.2, 0.25) is 0 Å². The maximum atomic E-state index is 10.9. The van der Waals surface area contributed by atoms with E-state index in [-0.39, 0.29) is 17.7 Å². The zero-order chi connectivity index (χ0) is 10.7. The molecule has 1 aromatic rings. The molecule has 2 atom stereocenters. The smallest absolute Gasteiger partial charge is 0.346 e. The van der Waals surface area contributed by atoms with E-state index in [1.807, 2.05) is 0 Å². The van der Waals surface area contributed by atoms with Crippen molar-refractivity contribution in [3.8, 4) is 0 Å². The summed E-state index contributed by atoms with van der Waals surface area (Å²) in [6.07, 6.45) is 3.48. The molecule has 0 saturated carbocycles. The van der Waals surface area contributed by atoms with E-state index in [0.29, 0.717) is 11.1 Å². The van der Waals surface area contributed by atoms with Crippen LogP contribution in [0.2, 0.25) is 0 Å². The number of thioether (sulfide) groups is 1. The minimum absolute atomic E-state index is 0.218. The summed E-state index contributed by atoms with van der Waals surface area (Å²) in [4.78, 5) is 17.1. The Morgan fingerprint density at radius 2 is 2.53 bits per heavy atom. The van der Waals surface area contributed by atoms with E-state index in [2.05, 4.69) is 15.3 Å². The van der Waals surface area contributed by atoms with Gasteiger partial charge in [-0.15, -0.1) is 11.8 Å². The predicted octanol–water partition coefficient (Wildman–Crippen LogP) is 0.396. The van der Waals surface area contributed by atoms with Gasteiger partial charge in [-0.1, -0.05) is 0 Å². The van der Waals surface area contributed by atoms with Crippen LogP contribution in [0, 0.1) is 0 Å². The lowest BCUT2D eigenvalue weighted by atomic mass is 10.2. The Kier molecular flexibility index (Phi) is 3.27. The minimum atomic E-state index is -0.346. The van der Waals surface area contributed by atoms with E-state index >= 15 is 0 Å². The number of hydrogen-bond acceptors (Lipinski definition) is 5. The lowest BCUT2D eigenvalue weighted by Crippen LogP contribution is -2.17. The lowest BCUT2D eigenvalue weighted by molar-refractivity contribution is 0.292. The van der Waals surface area contributed by atoms with Crippen LogP contribution in [0.25, 0.3) is 0 Å². The molecule has 6 heteroatoms. The molecular weight excluding hydrogens is 214 g/mol. The fourth-order valence-corrected chi connectivity index (χ4v) is 2.86. The molecular formula is C9H13N3O2S. The Hall–Kier alpha value is -1.01. The molecule has 0 aliphatic carbocycles. The van der Waals surface area contributed by atoms with E-state index < -0.39 is 0 Å². The van der Waals surface area contributed by atoms with Crippen molar-refractivity contribution in [2.45, 2.75) is 23.5 Å². The Labute approximate surface area is 91.3 Å². The Morgan fingerprint density at radius 1 is 1.67 bits per heavy atom. The van der Waals surface area contributed by atoms with Crippen LogP contribution in [0.5, 0.6) is 0 Å². The molecule has 1 fully saturated rings. The second-order valence-electron chi connectivity index (χ2n) is 3.44. The van der Waals surface area contributed by atoms with Gasteiger partial charge in [0.15, 0.2) is 0 Å². The van der Waals surface area contributed by atoms with Crippen LogP contribution in [-0.2, 0) is 0 Å². The van der Waals surface area contributed by atoms with Gasteiger partial charge in [0.25, 0.3) is 0 Å². The Bertz CT molecular complexity index is 382. The molecule has 1 aliphatic rings. The van der Waals surface area contributed by atoms with Crippen molar-refractivity contribution < 1.29 is 5.11 Å². The summed E-state index contributed by atoms with van der Waals surface area (Å²) < 4.78 is 0. The van der Waals surface area contributed by atoms with Crippen molar-refractivity contribution in [1.82, 2.24) is 9.97 Å². The van der Waals surface area contributed by atoms with E-state index in [0.717, 1.165) is 12.8 Å². The summed E-state index contributed by atoms with van der Waals surface area (Å²) in [5.74, 6) is 0.686. The molecule has 1 aliphatic heterocycles. The van der Waals surface area contributed by atoms with Crippen LogP contribution in [0.1, 0.15) is 12.8 Å². The maximum Gasteiger partial charge on any atom is 0.346 e. The van der Waals surface area contributed by atoms with Gasteiger partial charge in [0.1, 0.15) is 5.82 Å². The van der Waals surface area contributed by atoms with Crippen LogP contribution in [0.15, 0.2) is 17.1 Å². The monoisotopic (exact) mass is 227 g/mol. The first-order chi connectivity index (χ1) is 7.28. The SMILES string of the molecule is O=c1nccc(N[C@@H]2CC[C@H](CO)S2)[nH]1. The molecule has 3 N–H and O–H groups in total. The van der Waals surface area contributed by atoms with Crippen molar-refractivity contribution in [3.63, 3.8) is 0 Å². The lowest BCUT2D eigenvalue weighted by Gasteiger charge is -2.12. The third kappa shape index (κ3) is 2.73. The molecule has 82 valence electrons. The highest BCUT2D eigenvalue weighted by molar-refractivity contribution is 8.00. The van der Waals surface area contributed by atoms with Crippen LogP contribution in [-0.4, -0.2) is 32.3 Å². The summed E-state index contributed by atoms with van der Waals surface area (Å²) >= 11 is 1.71. The standard InChI is InChI=1S/C9H13N3O2S/c13-5-6-1-2-8(15-6)11-7-3-4-10-9(14)12-7/h3-4,6,8,13H,1-2,5H2,(H2,10,11,12,14)/t6-,8+/m1/s1. The fourth-order valence-electron chi connectivity index (χ4n) is 1.57.